The van der Waals surface area contributed by atoms with Crippen LogP contribution in [0.3, 0.4) is 0 Å². The molecule has 0 aliphatic heterocycles. The van der Waals surface area contributed by atoms with E-state index in [2.05, 4.69) is 106 Å². The van der Waals surface area contributed by atoms with Gasteiger partial charge in [0.25, 0.3) is 0 Å². The molecule has 0 saturated carbocycles. The average molecular weight is 836 g/mol. The number of fused-ring (bicyclic) bond motifs is 3. The Kier molecular flexibility index (Phi) is 15.3. The van der Waals surface area contributed by atoms with Crippen LogP contribution in [0.5, 0.6) is 0 Å². The van der Waals surface area contributed by atoms with E-state index in [4.69, 9.17) is 4.55 Å². The molecule has 0 heterocycles. The van der Waals surface area contributed by atoms with E-state index in [1.54, 1.807) is 12.1 Å². The number of carbonyl (C=O) groups excluding carboxylic acids is 1. The first kappa shape index (κ1) is 41.9. The number of halogens is 4. The molecular formula is C45H46BrF3O5S. The van der Waals surface area contributed by atoms with Gasteiger partial charge in [-0.25, -0.2) is 9.18 Å². The molecule has 0 aromatic heterocycles. The molecule has 10 heteroatoms. The van der Waals surface area contributed by atoms with Crippen LogP contribution in [0.4, 0.5) is 13.2 Å². The number of alkyl halides is 3. The molecule has 55 heavy (non-hydrogen) atoms. The molecule has 0 unspecified atom stereocenters. The Morgan fingerprint density at radius 1 is 0.636 bits per heavy atom. The summed E-state index contributed by atoms with van der Waals surface area (Å²) in [6.07, 6.45) is 11.1. The van der Waals surface area contributed by atoms with Gasteiger partial charge < -0.3 is 4.74 Å². The van der Waals surface area contributed by atoms with E-state index in [0.717, 1.165) is 36.6 Å². The molecule has 0 spiro atoms. The van der Waals surface area contributed by atoms with Crippen molar-refractivity contribution < 1.29 is 35.7 Å². The molecule has 0 amide bonds. The van der Waals surface area contributed by atoms with Gasteiger partial charge in [-0.2, -0.15) is 17.2 Å². The normalized spacial score (nSPS) is 12.0. The Bertz CT molecular complexity index is 2110. The van der Waals surface area contributed by atoms with Gasteiger partial charge in [-0.05, 0) is 93.1 Å². The number of ether oxygens (including phenoxy) is 1. The number of benzene rings is 5. The first-order chi connectivity index (χ1) is 26.5. The summed E-state index contributed by atoms with van der Waals surface area (Å²) in [5.41, 5.74) is 12.2. The van der Waals surface area contributed by atoms with Crippen LogP contribution in [-0.2, 0) is 26.1 Å². The Balaban J connectivity index is 0.000000226. The van der Waals surface area contributed by atoms with E-state index in [1.165, 1.54) is 82.2 Å². The summed E-state index contributed by atoms with van der Waals surface area (Å²) in [4.78, 5) is 10.9. The topological polar surface area (TPSA) is 80.7 Å². The fraction of sp³-hybridized carbons (Fsp3) is 0.311. The zero-order valence-electron chi connectivity index (χ0n) is 30.7. The molecule has 0 bridgehead atoms. The van der Waals surface area contributed by atoms with Crippen molar-refractivity contribution in [3.63, 3.8) is 0 Å². The van der Waals surface area contributed by atoms with Gasteiger partial charge in [0.2, 0.25) is 0 Å². The Morgan fingerprint density at radius 2 is 1.15 bits per heavy atom. The molecule has 1 aliphatic rings. The van der Waals surface area contributed by atoms with Crippen molar-refractivity contribution in [2.45, 2.75) is 75.9 Å². The van der Waals surface area contributed by atoms with Gasteiger partial charge in [0.05, 0.1) is 6.61 Å². The van der Waals surface area contributed by atoms with Gasteiger partial charge in [-0.3, -0.25) is 4.55 Å². The lowest BCUT2D eigenvalue weighted by Crippen LogP contribution is -2.39. The van der Waals surface area contributed by atoms with E-state index >= 15 is 0 Å². The smallest absolute Gasteiger partial charge is 0.460 e. The highest BCUT2D eigenvalue weighted by Gasteiger charge is 2.54. The summed E-state index contributed by atoms with van der Waals surface area (Å²) >= 11 is 3.39. The second-order valence-electron chi connectivity index (χ2n) is 13.6. The largest absolute Gasteiger partial charge is 0.465 e. The minimum absolute atomic E-state index is 0.214. The lowest BCUT2D eigenvalue weighted by atomic mass is 9.82. The molecule has 1 N–H and O–H groups in total. The Labute approximate surface area is 330 Å². The summed E-state index contributed by atoms with van der Waals surface area (Å²) in [7, 11) is -5.78. The third kappa shape index (κ3) is 11.0. The maximum Gasteiger partial charge on any atom is 0.465 e. The van der Waals surface area contributed by atoms with E-state index in [9.17, 15) is 26.4 Å². The molecular weight excluding hydrogens is 789 g/mol. The Hall–Kier alpha value is -4.25. The number of esters is 1. The van der Waals surface area contributed by atoms with Crippen LogP contribution in [-0.4, -0.2) is 36.1 Å². The van der Waals surface area contributed by atoms with Crippen LogP contribution in [0.25, 0.3) is 44.5 Å². The molecule has 0 atom stereocenters. The third-order valence-corrected chi connectivity index (χ3v) is 11.1. The predicted molar refractivity (Wildman–Crippen MR) is 218 cm³/mol. The molecule has 5 aromatic rings. The van der Waals surface area contributed by atoms with E-state index in [0.29, 0.717) is 12.8 Å². The molecule has 5 nitrogen and oxygen atoms in total. The van der Waals surface area contributed by atoms with Crippen molar-refractivity contribution in [1.82, 2.24) is 0 Å². The maximum atomic E-state index is 13.9. The second kappa shape index (κ2) is 20.1. The van der Waals surface area contributed by atoms with Crippen LogP contribution in [0, 0.1) is 5.82 Å². The van der Waals surface area contributed by atoms with Crippen molar-refractivity contribution in [2.24, 2.45) is 0 Å². The summed E-state index contributed by atoms with van der Waals surface area (Å²) in [5.74, 6) is -2.45. The minimum Gasteiger partial charge on any atom is -0.460 e. The number of hydrogen-bond acceptors (Lipinski definition) is 4. The molecule has 0 fully saturated rings. The highest BCUT2D eigenvalue weighted by atomic mass is 79.9. The second-order valence-corrected chi connectivity index (χ2v) is 15.9. The van der Waals surface area contributed by atoms with E-state index in [1.807, 2.05) is 18.2 Å². The third-order valence-electron chi connectivity index (χ3n) is 9.71. The summed E-state index contributed by atoms with van der Waals surface area (Å²) < 4.78 is 72.6. The standard InChI is InChI=1S/C31H21F.C14H25BrF2O5S/c32-25-17-15-23(16-18-25)31-29-19-24-13-7-8-14-26(24)28(29)20-27(21-9-3-1-4-10-21)30(31)22-11-5-2-6-12-22;15-11-9-7-5-3-1-2-4-6-8-10-12-22-13(18)14(16,17)23(19,20)21/h1-18,20H,19H2;1-12H2,(H,19,20,21). The van der Waals surface area contributed by atoms with Crippen molar-refractivity contribution in [2.75, 3.05) is 11.9 Å². The van der Waals surface area contributed by atoms with Crippen LogP contribution in [0.15, 0.2) is 115 Å². The zero-order chi connectivity index (χ0) is 39.3. The fourth-order valence-corrected chi connectivity index (χ4v) is 7.59. The van der Waals surface area contributed by atoms with Crippen molar-refractivity contribution >= 4 is 32.0 Å². The van der Waals surface area contributed by atoms with Gasteiger partial charge in [0.15, 0.2) is 0 Å². The van der Waals surface area contributed by atoms with Gasteiger partial charge in [0.1, 0.15) is 5.82 Å². The van der Waals surface area contributed by atoms with Crippen LogP contribution >= 0.6 is 15.9 Å². The van der Waals surface area contributed by atoms with Crippen LogP contribution in [0.1, 0.15) is 75.3 Å². The average Bonchev–Trinajstić information content (AvgIpc) is 3.57. The van der Waals surface area contributed by atoms with Gasteiger partial charge in [-0.15, -0.1) is 0 Å². The van der Waals surface area contributed by atoms with Gasteiger partial charge in [0, 0.05) is 5.33 Å². The van der Waals surface area contributed by atoms with E-state index < -0.39 is 21.3 Å². The molecule has 290 valence electrons. The molecule has 1 aliphatic carbocycles. The quantitative estimate of drug-likeness (QED) is 0.0428. The number of unbranched alkanes of at least 4 members (excludes halogenated alkanes) is 9. The molecule has 6 rings (SSSR count). The minimum atomic E-state index is -5.78. The predicted octanol–water partition coefficient (Wildman–Crippen LogP) is 12.7. The molecule has 0 radical (unpaired) electrons. The van der Waals surface area contributed by atoms with Crippen molar-refractivity contribution in [1.29, 1.82) is 0 Å². The SMILES string of the molecule is Fc1ccc(-c2c3c(cc(-c4ccccc4)c2-c2ccccc2)-c2ccccc2C3)cc1.O=C(OCCCCCCCCCCCCBr)C(F)(F)S(=O)(=O)O. The molecule has 5 aromatic carbocycles. The lowest BCUT2D eigenvalue weighted by Gasteiger charge is -2.21. The summed E-state index contributed by atoms with van der Waals surface area (Å²) in [6, 6.07) is 39.1. The zero-order valence-corrected chi connectivity index (χ0v) is 33.1. The number of hydrogen-bond donors (Lipinski definition) is 1. The number of carbonyl (C=O) groups is 1. The fourth-order valence-electron chi connectivity index (χ4n) is 6.93. The highest BCUT2D eigenvalue weighted by molar-refractivity contribution is 9.09. The maximum absolute atomic E-state index is 13.9. The Morgan fingerprint density at radius 3 is 1.73 bits per heavy atom. The van der Waals surface area contributed by atoms with Crippen molar-refractivity contribution in [3.8, 4) is 44.5 Å². The van der Waals surface area contributed by atoms with E-state index in [-0.39, 0.29) is 12.4 Å². The van der Waals surface area contributed by atoms with Gasteiger partial charge in [-0.1, -0.05) is 164 Å². The van der Waals surface area contributed by atoms with Crippen LogP contribution in [0.2, 0.25) is 0 Å². The monoisotopic (exact) mass is 834 g/mol. The summed E-state index contributed by atoms with van der Waals surface area (Å²) in [5, 5.41) is -3.85. The van der Waals surface area contributed by atoms with Crippen LogP contribution < -0.4 is 0 Å². The number of rotatable bonds is 17. The highest BCUT2D eigenvalue weighted by Crippen LogP contribution is 2.50. The molecule has 0 saturated heterocycles. The summed E-state index contributed by atoms with van der Waals surface area (Å²) in [6.45, 7) is -0.281. The first-order valence-corrected chi connectivity index (χ1v) is 21.3. The van der Waals surface area contributed by atoms with Crippen molar-refractivity contribution in [3.05, 3.63) is 132 Å². The first-order valence-electron chi connectivity index (χ1n) is 18.8. The van der Waals surface area contributed by atoms with Gasteiger partial charge >= 0.3 is 21.3 Å². The lowest BCUT2D eigenvalue weighted by molar-refractivity contribution is -0.161.